The molecule has 1 aromatic carbocycles. The number of aryl methyl sites for hydroxylation is 2. The molecule has 0 atom stereocenters. The summed E-state index contributed by atoms with van der Waals surface area (Å²) < 4.78 is 3.57. The Morgan fingerprint density at radius 2 is 1.87 bits per heavy atom. The highest BCUT2D eigenvalue weighted by Gasteiger charge is 2.08. The van der Waals surface area contributed by atoms with Crippen molar-refractivity contribution in [2.24, 2.45) is 7.05 Å². The number of imidazole rings is 1. The molecule has 0 aliphatic carbocycles. The van der Waals surface area contributed by atoms with E-state index in [1.807, 2.05) is 35.9 Å². The van der Waals surface area contributed by atoms with E-state index in [1.54, 1.807) is 4.57 Å². The Hall–Kier alpha value is -1.51. The molecule has 2 aromatic rings. The topological polar surface area (TPSA) is 26.9 Å². The minimum absolute atomic E-state index is 0.0876. The lowest BCUT2D eigenvalue weighted by molar-refractivity contribution is 0.615. The molecule has 0 saturated heterocycles. The predicted octanol–water partition coefficient (Wildman–Crippen LogP) is 2.14. The van der Waals surface area contributed by atoms with Crippen LogP contribution < -0.4 is 5.69 Å². The van der Waals surface area contributed by atoms with Gasteiger partial charge in [-0.2, -0.15) is 0 Å². The molecule has 0 radical (unpaired) electrons. The first-order chi connectivity index (χ1) is 7.25. The van der Waals surface area contributed by atoms with Crippen molar-refractivity contribution in [3.05, 3.63) is 34.7 Å². The SMILES string of the molecule is CCCCn1c(=O)n(C)c2ccccc21. The fourth-order valence-electron chi connectivity index (χ4n) is 1.90. The minimum Gasteiger partial charge on any atom is -0.295 e. The number of benzene rings is 1. The van der Waals surface area contributed by atoms with Gasteiger partial charge in [-0.05, 0) is 18.6 Å². The third-order valence-corrected chi connectivity index (χ3v) is 2.79. The molecule has 0 aliphatic heterocycles. The van der Waals surface area contributed by atoms with Gasteiger partial charge in [-0.1, -0.05) is 25.5 Å². The van der Waals surface area contributed by atoms with E-state index in [1.165, 1.54) is 0 Å². The second-order valence-electron chi connectivity index (χ2n) is 3.84. The van der Waals surface area contributed by atoms with Crippen LogP contribution in [0.1, 0.15) is 19.8 Å². The molecule has 0 spiro atoms. The van der Waals surface area contributed by atoms with E-state index in [-0.39, 0.29) is 5.69 Å². The average molecular weight is 204 g/mol. The van der Waals surface area contributed by atoms with Crippen LogP contribution in [0.2, 0.25) is 0 Å². The summed E-state index contributed by atoms with van der Waals surface area (Å²) in [5, 5.41) is 0. The van der Waals surface area contributed by atoms with Crippen molar-refractivity contribution >= 4 is 11.0 Å². The lowest BCUT2D eigenvalue weighted by Gasteiger charge is -2.00. The first kappa shape index (κ1) is 10.0. The lowest BCUT2D eigenvalue weighted by Crippen LogP contribution is -2.22. The van der Waals surface area contributed by atoms with Gasteiger partial charge in [0.25, 0.3) is 0 Å². The summed E-state index contributed by atoms with van der Waals surface area (Å²) >= 11 is 0. The number of fused-ring (bicyclic) bond motifs is 1. The maximum Gasteiger partial charge on any atom is 0.328 e. The van der Waals surface area contributed by atoms with Crippen molar-refractivity contribution < 1.29 is 0 Å². The van der Waals surface area contributed by atoms with Gasteiger partial charge in [0.1, 0.15) is 0 Å². The zero-order chi connectivity index (χ0) is 10.8. The van der Waals surface area contributed by atoms with Crippen molar-refractivity contribution in [3.63, 3.8) is 0 Å². The van der Waals surface area contributed by atoms with Crippen LogP contribution in [0.25, 0.3) is 11.0 Å². The van der Waals surface area contributed by atoms with E-state index in [0.29, 0.717) is 0 Å². The Morgan fingerprint density at radius 1 is 1.20 bits per heavy atom. The summed E-state index contributed by atoms with van der Waals surface area (Å²) in [6, 6.07) is 7.93. The van der Waals surface area contributed by atoms with Crippen LogP contribution in [0.4, 0.5) is 0 Å². The summed E-state index contributed by atoms with van der Waals surface area (Å²) in [6.45, 7) is 2.95. The van der Waals surface area contributed by atoms with E-state index in [4.69, 9.17) is 0 Å². The standard InChI is InChI=1S/C12H16N2O/c1-3-4-9-14-11-8-6-5-7-10(11)13(2)12(14)15/h5-8H,3-4,9H2,1-2H3. The van der Waals surface area contributed by atoms with Crippen molar-refractivity contribution in [2.45, 2.75) is 26.3 Å². The highest BCUT2D eigenvalue weighted by molar-refractivity contribution is 5.75. The van der Waals surface area contributed by atoms with Crippen molar-refractivity contribution in [2.75, 3.05) is 0 Å². The van der Waals surface area contributed by atoms with Crippen molar-refractivity contribution in [3.8, 4) is 0 Å². The fraction of sp³-hybridized carbons (Fsp3) is 0.417. The monoisotopic (exact) mass is 204 g/mol. The number of rotatable bonds is 3. The van der Waals surface area contributed by atoms with Crippen molar-refractivity contribution in [1.29, 1.82) is 0 Å². The zero-order valence-electron chi connectivity index (χ0n) is 9.23. The smallest absolute Gasteiger partial charge is 0.295 e. The van der Waals surface area contributed by atoms with Crippen molar-refractivity contribution in [1.82, 2.24) is 9.13 Å². The molecular formula is C12H16N2O. The molecule has 0 N–H and O–H groups in total. The molecule has 1 aromatic heterocycles. The molecule has 0 unspecified atom stereocenters. The van der Waals surface area contributed by atoms with Crippen LogP contribution in [0.3, 0.4) is 0 Å². The molecule has 2 rings (SSSR count). The zero-order valence-corrected chi connectivity index (χ0v) is 9.23. The van der Waals surface area contributed by atoms with Crippen LogP contribution in [0.15, 0.2) is 29.1 Å². The summed E-state index contributed by atoms with van der Waals surface area (Å²) in [4.78, 5) is 11.9. The number of nitrogens with zero attached hydrogens (tertiary/aromatic N) is 2. The van der Waals surface area contributed by atoms with E-state index in [0.717, 1.165) is 30.4 Å². The van der Waals surface area contributed by atoms with Gasteiger partial charge in [0, 0.05) is 13.6 Å². The van der Waals surface area contributed by atoms with Gasteiger partial charge in [0.2, 0.25) is 0 Å². The Balaban J connectivity index is 2.62. The van der Waals surface area contributed by atoms with Gasteiger partial charge in [-0.15, -0.1) is 0 Å². The summed E-state index contributed by atoms with van der Waals surface area (Å²) in [7, 11) is 1.83. The highest BCUT2D eigenvalue weighted by atomic mass is 16.1. The van der Waals surface area contributed by atoms with E-state index in [9.17, 15) is 4.79 Å². The van der Waals surface area contributed by atoms with Gasteiger partial charge in [0.05, 0.1) is 11.0 Å². The molecule has 0 amide bonds. The van der Waals surface area contributed by atoms with E-state index < -0.39 is 0 Å². The van der Waals surface area contributed by atoms with Gasteiger partial charge >= 0.3 is 5.69 Å². The number of hydrogen-bond acceptors (Lipinski definition) is 1. The minimum atomic E-state index is 0.0876. The molecule has 0 saturated carbocycles. The lowest BCUT2D eigenvalue weighted by atomic mass is 10.3. The normalized spacial score (nSPS) is 11.1. The predicted molar refractivity (Wildman–Crippen MR) is 62.1 cm³/mol. The van der Waals surface area contributed by atoms with Crippen LogP contribution >= 0.6 is 0 Å². The quantitative estimate of drug-likeness (QED) is 0.752. The Bertz CT molecular complexity index is 522. The van der Waals surface area contributed by atoms with E-state index in [2.05, 4.69) is 6.92 Å². The third kappa shape index (κ3) is 1.58. The fourth-order valence-corrected chi connectivity index (χ4v) is 1.90. The molecule has 15 heavy (non-hydrogen) atoms. The second-order valence-corrected chi connectivity index (χ2v) is 3.84. The van der Waals surface area contributed by atoms with Crippen LogP contribution in [-0.2, 0) is 13.6 Å². The highest BCUT2D eigenvalue weighted by Crippen LogP contribution is 2.11. The number of para-hydroxylation sites is 2. The first-order valence-corrected chi connectivity index (χ1v) is 5.40. The molecular weight excluding hydrogens is 188 g/mol. The summed E-state index contributed by atoms with van der Waals surface area (Å²) in [5.41, 5.74) is 2.14. The third-order valence-electron chi connectivity index (χ3n) is 2.79. The van der Waals surface area contributed by atoms with Gasteiger partial charge in [-0.3, -0.25) is 9.13 Å². The molecule has 0 bridgehead atoms. The molecule has 1 heterocycles. The first-order valence-electron chi connectivity index (χ1n) is 5.40. The number of hydrogen-bond donors (Lipinski definition) is 0. The molecule has 0 fully saturated rings. The maximum atomic E-state index is 11.9. The van der Waals surface area contributed by atoms with Gasteiger partial charge in [0.15, 0.2) is 0 Å². The van der Waals surface area contributed by atoms with Crippen LogP contribution in [0, 0.1) is 0 Å². The Labute approximate surface area is 88.9 Å². The van der Waals surface area contributed by atoms with E-state index >= 15 is 0 Å². The largest absolute Gasteiger partial charge is 0.328 e. The second kappa shape index (κ2) is 3.93. The van der Waals surface area contributed by atoms with Gasteiger partial charge < -0.3 is 0 Å². The molecule has 3 nitrogen and oxygen atoms in total. The number of aromatic nitrogens is 2. The molecule has 3 heteroatoms. The average Bonchev–Trinajstić information content (AvgIpc) is 2.51. The summed E-state index contributed by atoms with van der Waals surface area (Å²) in [6.07, 6.45) is 2.16. The molecule has 0 aliphatic rings. The number of unbranched alkanes of at least 4 members (excludes halogenated alkanes) is 1. The van der Waals surface area contributed by atoms with Gasteiger partial charge in [-0.25, -0.2) is 4.79 Å². The summed E-state index contributed by atoms with van der Waals surface area (Å²) in [5.74, 6) is 0. The maximum absolute atomic E-state index is 11.9. The Morgan fingerprint density at radius 3 is 2.53 bits per heavy atom. The van der Waals surface area contributed by atoms with Crippen LogP contribution in [0.5, 0.6) is 0 Å². The Kier molecular flexibility index (Phi) is 2.62. The van der Waals surface area contributed by atoms with Crippen LogP contribution in [-0.4, -0.2) is 9.13 Å². The molecule has 80 valence electrons.